The van der Waals surface area contributed by atoms with Gasteiger partial charge in [0.2, 0.25) is 0 Å². The van der Waals surface area contributed by atoms with Crippen molar-refractivity contribution in [1.29, 1.82) is 0 Å². The van der Waals surface area contributed by atoms with Crippen LogP contribution in [0.2, 0.25) is 5.02 Å². The number of benzene rings is 2. The highest BCUT2D eigenvalue weighted by molar-refractivity contribution is 8.04. The molecule has 2 aromatic rings. The van der Waals surface area contributed by atoms with Crippen LogP contribution in [0.15, 0.2) is 47.4 Å². The number of anilines is 1. The van der Waals surface area contributed by atoms with E-state index in [0.29, 0.717) is 33.5 Å². The minimum atomic E-state index is -0.444. The first-order chi connectivity index (χ1) is 13.5. The molecule has 146 valence electrons. The lowest BCUT2D eigenvalue weighted by molar-refractivity contribution is -0.119. The number of rotatable bonds is 7. The fourth-order valence-electron chi connectivity index (χ4n) is 2.86. The molecule has 2 aromatic carbocycles. The van der Waals surface area contributed by atoms with Crippen molar-refractivity contribution in [2.75, 3.05) is 31.5 Å². The molecule has 0 saturated carbocycles. The smallest absolute Gasteiger partial charge is 0.272 e. The van der Waals surface area contributed by atoms with E-state index in [2.05, 4.69) is 0 Å². The third kappa shape index (κ3) is 3.73. The van der Waals surface area contributed by atoms with E-state index in [1.165, 1.54) is 14.2 Å². The fraction of sp³-hybridized carbons (Fsp3) is 0.200. The van der Waals surface area contributed by atoms with Crippen LogP contribution in [0.25, 0.3) is 5.57 Å². The standard InChI is InChI=1S/C20H18ClNO5S/c1-26-15-8-7-14(11-16(15)27-2)22-19(24)17(12-3-5-13(21)6-4-12)18(20(22)25)28-10-9-23/h3-8,11,23H,9-10H2,1-2H3. The SMILES string of the molecule is COc1ccc(N2C(=O)C(SCCO)=C(c3ccc(Cl)cc3)C2=O)cc1OC. The molecule has 1 N–H and O–H groups in total. The van der Waals surface area contributed by atoms with E-state index in [0.717, 1.165) is 16.7 Å². The fourth-order valence-corrected chi connectivity index (χ4v) is 3.85. The predicted octanol–water partition coefficient (Wildman–Crippen LogP) is 3.37. The first-order valence-corrected chi connectivity index (χ1v) is 9.72. The van der Waals surface area contributed by atoms with Gasteiger partial charge in [0.05, 0.1) is 37.0 Å². The van der Waals surface area contributed by atoms with Crippen molar-refractivity contribution in [2.24, 2.45) is 0 Å². The topological polar surface area (TPSA) is 76.1 Å². The number of halogens is 1. The number of nitrogens with zero attached hydrogens (tertiary/aromatic N) is 1. The summed E-state index contributed by atoms with van der Waals surface area (Å²) in [6.07, 6.45) is 0. The van der Waals surface area contributed by atoms with Crippen molar-refractivity contribution in [3.63, 3.8) is 0 Å². The minimum absolute atomic E-state index is 0.111. The number of thioether (sulfide) groups is 1. The van der Waals surface area contributed by atoms with E-state index in [-0.39, 0.29) is 17.1 Å². The summed E-state index contributed by atoms with van der Waals surface area (Å²) >= 11 is 7.10. The largest absolute Gasteiger partial charge is 0.493 e. The van der Waals surface area contributed by atoms with Gasteiger partial charge in [-0.1, -0.05) is 23.7 Å². The molecule has 0 radical (unpaired) electrons. The number of aliphatic hydroxyl groups is 1. The van der Waals surface area contributed by atoms with Gasteiger partial charge in [0.1, 0.15) is 0 Å². The van der Waals surface area contributed by atoms with Crippen molar-refractivity contribution in [1.82, 2.24) is 0 Å². The average Bonchev–Trinajstić information content (AvgIpc) is 2.96. The van der Waals surface area contributed by atoms with Gasteiger partial charge < -0.3 is 14.6 Å². The van der Waals surface area contributed by atoms with E-state index >= 15 is 0 Å². The number of ether oxygens (including phenoxy) is 2. The summed E-state index contributed by atoms with van der Waals surface area (Å²) in [7, 11) is 2.99. The van der Waals surface area contributed by atoms with E-state index in [1.54, 1.807) is 42.5 Å². The molecule has 28 heavy (non-hydrogen) atoms. The second kappa shape index (κ2) is 8.68. The van der Waals surface area contributed by atoms with Crippen molar-refractivity contribution in [2.45, 2.75) is 0 Å². The summed E-state index contributed by atoms with van der Waals surface area (Å²) < 4.78 is 10.5. The molecule has 0 unspecified atom stereocenters. The first kappa shape index (κ1) is 20.3. The molecule has 0 aromatic heterocycles. The van der Waals surface area contributed by atoms with Crippen LogP contribution in [0.5, 0.6) is 11.5 Å². The third-order valence-corrected chi connectivity index (χ3v) is 5.44. The van der Waals surface area contributed by atoms with Gasteiger partial charge in [-0.2, -0.15) is 0 Å². The van der Waals surface area contributed by atoms with Gasteiger partial charge in [0.15, 0.2) is 11.5 Å². The highest BCUT2D eigenvalue weighted by Crippen LogP contribution is 2.40. The van der Waals surface area contributed by atoms with Gasteiger partial charge in [-0.15, -0.1) is 11.8 Å². The molecule has 1 aliphatic rings. The molecule has 0 saturated heterocycles. The second-order valence-electron chi connectivity index (χ2n) is 5.77. The average molecular weight is 420 g/mol. The van der Waals surface area contributed by atoms with Gasteiger partial charge in [-0.3, -0.25) is 9.59 Å². The lowest BCUT2D eigenvalue weighted by Gasteiger charge is -2.17. The van der Waals surface area contributed by atoms with Crippen LogP contribution in [0.4, 0.5) is 5.69 Å². The summed E-state index contributed by atoms with van der Waals surface area (Å²) in [5.74, 6) is 0.308. The molecule has 3 rings (SSSR count). The zero-order chi connectivity index (χ0) is 20.3. The Morgan fingerprint density at radius 2 is 1.68 bits per heavy atom. The van der Waals surface area contributed by atoms with Crippen LogP contribution in [0.1, 0.15) is 5.56 Å². The normalized spacial score (nSPS) is 14.1. The molecular formula is C20H18ClNO5S. The number of carbonyl (C=O) groups excluding carboxylic acids is 2. The lowest BCUT2D eigenvalue weighted by Crippen LogP contribution is -2.31. The Morgan fingerprint density at radius 1 is 1.00 bits per heavy atom. The zero-order valence-corrected chi connectivity index (χ0v) is 16.8. The highest BCUT2D eigenvalue weighted by Gasteiger charge is 2.40. The van der Waals surface area contributed by atoms with Crippen molar-refractivity contribution >= 4 is 46.4 Å². The summed E-state index contributed by atoms with van der Waals surface area (Å²) in [4.78, 5) is 27.7. The lowest BCUT2D eigenvalue weighted by atomic mass is 10.1. The summed E-state index contributed by atoms with van der Waals surface area (Å²) in [5.41, 5.74) is 1.25. The Labute approximate surface area is 171 Å². The number of hydrogen-bond donors (Lipinski definition) is 1. The van der Waals surface area contributed by atoms with E-state index < -0.39 is 11.8 Å². The van der Waals surface area contributed by atoms with Crippen LogP contribution in [-0.4, -0.2) is 43.5 Å². The van der Waals surface area contributed by atoms with Gasteiger partial charge in [0, 0.05) is 16.8 Å². The molecule has 8 heteroatoms. The number of hydrogen-bond acceptors (Lipinski definition) is 6. The third-order valence-electron chi connectivity index (χ3n) is 4.14. The highest BCUT2D eigenvalue weighted by atomic mass is 35.5. The Morgan fingerprint density at radius 3 is 2.29 bits per heavy atom. The Hall–Kier alpha value is -2.48. The monoisotopic (exact) mass is 419 g/mol. The molecule has 0 spiro atoms. The maximum absolute atomic E-state index is 13.2. The molecule has 0 atom stereocenters. The van der Waals surface area contributed by atoms with Crippen LogP contribution in [-0.2, 0) is 9.59 Å². The van der Waals surface area contributed by atoms with E-state index in [9.17, 15) is 14.7 Å². The summed E-state index contributed by atoms with van der Waals surface area (Å²) in [5, 5.41) is 9.71. The number of carbonyl (C=O) groups is 2. The maximum atomic E-state index is 13.2. The second-order valence-corrected chi connectivity index (χ2v) is 7.31. The number of amides is 2. The van der Waals surface area contributed by atoms with Crippen LogP contribution in [0.3, 0.4) is 0 Å². The summed E-state index contributed by atoms with van der Waals surface area (Å²) in [6, 6.07) is 11.5. The maximum Gasteiger partial charge on any atom is 0.272 e. The summed E-state index contributed by atoms with van der Waals surface area (Å²) in [6.45, 7) is -0.111. The molecule has 6 nitrogen and oxygen atoms in total. The molecule has 1 heterocycles. The van der Waals surface area contributed by atoms with Gasteiger partial charge in [-0.25, -0.2) is 4.90 Å². The van der Waals surface area contributed by atoms with Crippen molar-refractivity contribution in [3.8, 4) is 11.5 Å². The van der Waals surface area contributed by atoms with Gasteiger partial charge in [-0.05, 0) is 29.8 Å². The molecule has 0 fully saturated rings. The van der Waals surface area contributed by atoms with Crippen molar-refractivity contribution in [3.05, 3.63) is 58.0 Å². The first-order valence-electron chi connectivity index (χ1n) is 8.36. The van der Waals surface area contributed by atoms with Crippen LogP contribution < -0.4 is 14.4 Å². The Kier molecular flexibility index (Phi) is 6.28. The number of methoxy groups -OCH3 is 2. The van der Waals surface area contributed by atoms with Gasteiger partial charge >= 0.3 is 0 Å². The number of imide groups is 1. The van der Waals surface area contributed by atoms with E-state index in [4.69, 9.17) is 21.1 Å². The zero-order valence-electron chi connectivity index (χ0n) is 15.3. The number of aliphatic hydroxyl groups excluding tert-OH is 1. The van der Waals surface area contributed by atoms with Gasteiger partial charge in [0.25, 0.3) is 11.8 Å². The minimum Gasteiger partial charge on any atom is -0.493 e. The quantitative estimate of drug-likeness (QED) is 0.693. The van der Waals surface area contributed by atoms with Crippen molar-refractivity contribution < 1.29 is 24.2 Å². The predicted molar refractivity (Wildman–Crippen MR) is 110 cm³/mol. The molecule has 0 bridgehead atoms. The Bertz CT molecular complexity index is 942. The van der Waals surface area contributed by atoms with E-state index in [1.807, 2.05) is 0 Å². The van der Waals surface area contributed by atoms with Crippen LogP contribution in [0, 0.1) is 0 Å². The Balaban J connectivity index is 2.06. The molecule has 0 aliphatic carbocycles. The van der Waals surface area contributed by atoms with Crippen LogP contribution >= 0.6 is 23.4 Å². The molecular weight excluding hydrogens is 402 g/mol. The molecule has 1 aliphatic heterocycles. The molecule has 2 amide bonds.